The minimum absolute atomic E-state index is 0.717. The molecule has 1 aromatic carbocycles. The normalized spacial score (nSPS) is 11.1. The number of halogens is 1. The third kappa shape index (κ3) is 2.49. The van der Waals surface area contributed by atoms with Gasteiger partial charge in [-0.15, -0.1) is 0 Å². The quantitative estimate of drug-likeness (QED) is 0.679. The molecule has 0 N–H and O–H groups in total. The second-order valence-electron chi connectivity index (χ2n) is 4.69. The molecule has 0 bridgehead atoms. The lowest BCUT2D eigenvalue weighted by atomic mass is 10.1. The number of hydrogen-bond donors (Lipinski definition) is 0. The number of fused-ring (bicyclic) bond motifs is 1. The summed E-state index contributed by atoms with van der Waals surface area (Å²) in [6, 6.07) is 12.4. The van der Waals surface area contributed by atoms with Crippen molar-refractivity contribution in [1.82, 2.24) is 9.38 Å². The van der Waals surface area contributed by atoms with E-state index in [2.05, 4.69) is 36.2 Å². The predicted octanol–water partition coefficient (Wildman–Crippen LogP) is 4.61. The van der Waals surface area contributed by atoms with E-state index in [-0.39, 0.29) is 0 Å². The minimum Gasteiger partial charge on any atom is -0.305 e. The molecule has 19 heavy (non-hydrogen) atoms. The first-order valence-corrected chi connectivity index (χ1v) is 6.87. The summed E-state index contributed by atoms with van der Waals surface area (Å²) >= 11 is 5.98. The summed E-state index contributed by atoms with van der Waals surface area (Å²) < 4.78 is 1.96. The molecule has 0 fully saturated rings. The van der Waals surface area contributed by atoms with Crippen LogP contribution in [0.2, 0.25) is 5.02 Å². The first-order valence-electron chi connectivity index (χ1n) is 6.50. The zero-order valence-corrected chi connectivity index (χ0v) is 11.6. The molecule has 2 aromatic heterocycles. The molecule has 0 atom stereocenters. The highest BCUT2D eigenvalue weighted by Gasteiger charge is 2.04. The Labute approximate surface area is 117 Å². The third-order valence-corrected chi connectivity index (χ3v) is 3.43. The molecule has 0 aliphatic rings. The fraction of sp³-hybridized carbons (Fsp3) is 0.188. The first-order chi connectivity index (χ1) is 9.26. The van der Waals surface area contributed by atoms with Gasteiger partial charge in [0.2, 0.25) is 0 Å². The summed E-state index contributed by atoms with van der Waals surface area (Å²) in [5.41, 5.74) is 4.40. The Balaban J connectivity index is 1.99. The lowest BCUT2D eigenvalue weighted by molar-refractivity contribution is 0.922. The van der Waals surface area contributed by atoms with Crippen molar-refractivity contribution in [3.05, 3.63) is 59.4 Å². The molecule has 2 heterocycles. The number of imidazole rings is 1. The molecule has 0 unspecified atom stereocenters. The Morgan fingerprint density at radius 3 is 2.58 bits per heavy atom. The van der Waals surface area contributed by atoms with Gasteiger partial charge in [0.05, 0.1) is 10.7 Å². The van der Waals surface area contributed by atoms with Gasteiger partial charge in [-0.1, -0.05) is 49.2 Å². The summed E-state index contributed by atoms with van der Waals surface area (Å²) in [4.78, 5) is 4.60. The molecule has 0 saturated heterocycles. The number of aryl methyl sites for hydroxylation is 1. The monoisotopic (exact) mass is 270 g/mol. The van der Waals surface area contributed by atoms with Crippen molar-refractivity contribution in [3.8, 4) is 11.3 Å². The van der Waals surface area contributed by atoms with E-state index in [4.69, 9.17) is 11.6 Å². The highest BCUT2D eigenvalue weighted by atomic mass is 35.5. The van der Waals surface area contributed by atoms with Gasteiger partial charge in [-0.2, -0.15) is 0 Å². The van der Waals surface area contributed by atoms with Crippen molar-refractivity contribution >= 4 is 17.2 Å². The van der Waals surface area contributed by atoms with Crippen molar-refractivity contribution in [2.45, 2.75) is 19.8 Å². The van der Waals surface area contributed by atoms with Gasteiger partial charge in [-0.3, -0.25) is 0 Å². The first kappa shape index (κ1) is 12.2. The van der Waals surface area contributed by atoms with E-state index in [9.17, 15) is 0 Å². The molecule has 0 aliphatic heterocycles. The molecule has 3 heteroatoms. The number of nitrogens with zero attached hydrogens (tertiary/aromatic N) is 2. The smallest absolute Gasteiger partial charge is 0.137 e. The van der Waals surface area contributed by atoms with E-state index in [1.807, 2.05) is 28.9 Å². The summed E-state index contributed by atoms with van der Waals surface area (Å²) in [5, 5.41) is 0.717. The topological polar surface area (TPSA) is 17.3 Å². The largest absolute Gasteiger partial charge is 0.305 e. The maximum Gasteiger partial charge on any atom is 0.137 e. The Morgan fingerprint density at radius 2 is 1.84 bits per heavy atom. The average molecular weight is 271 g/mol. The number of benzene rings is 1. The predicted molar refractivity (Wildman–Crippen MR) is 79.6 cm³/mol. The molecule has 3 aromatic rings. The average Bonchev–Trinajstić information content (AvgIpc) is 2.83. The van der Waals surface area contributed by atoms with Gasteiger partial charge < -0.3 is 4.40 Å². The molecule has 0 radical (unpaired) electrons. The van der Waals surface area contributed by atoms with Crippen LogP contribution in [0.4, 0.5) is 0 Å². The van der Waals surface area contributed by atoms with Crippen LogP contribution in [-0.4, -0.2) is 9.38 Å². The zero-order valence-electron chi connectivity index (χ0n) is 10.8. The zero-order chi connectivity index (χ0) is 13.2. The Bertz CT molecular complexity index is 698. The van der Waals surface area contributed by atoms with Gasteiger partial charge in [-0.25, -0.2) is 4.98 Å². The van der Waals surface area contributed by atoms with E-state index in [0.29, 0.717) is 0 Å². The van der Waals surface area contributed by atoms with Crippen molar-refractivity contribution in [2.75, 3.05) is 0 Å². The maximum atomic E-state index is 5.98. The Kier molecular flexibility index (Phi) is 3.26. The summed E-state index contributed by atoms with van der Waals surface area (Å²) in [7, 11) is 0. The van der Waals surface area contributed by atoms with E-state index in [1.165, 1.54) is 12.0 Å². The van der Waals surface area contributed by atoms with Crippen LogP contribution in [0.15, 0.2) is 48.8 Å². The van der Waals surface area contributed by atoms with Crippen LogP contribution in [0.25, 0.3) is 16.9 Å². The molecule has 2 nitrogen and oxygen atoms in total. The third-order valence-electron chi connectivity index (χ3n) is 3.20. The van der Waals surface area contributed by atoms with Gasteiger partial charge in [-0.05, 0) is 24.1 Å². The van der Waals surface area contributed by atoms with Crippen molar-refractivity contribution < 1.29 is 0 Å². The number of aromatic nitrogens is 2. The Morgan fingerprint density at radius 1 is 1.05 bits per heavy atom. The number of pyridine rings is 1. The standard InChI is InChI=1S/C16H15ClN2/c1-2-3-12-4-6-13(7-5-12)15-11-19-10-14(17)8-9-16(19)18-15/h4-11H,2-3H2,1H3. The maximum absolute atomic E-state index is 5.98. The molecule has 0 aliphatic carbocycles. The molecular weight excluding hydrogens is 256 g/mol. The van der Waals surface area contributed by atoms with Crippen LogP contribution in [0.3, 0.4) is 0 Å². The molecule has 0 spiro atoms. The van der Waals surface area contributed by atoms with Crippen LogP contribution in [0.1, 0.15) is 18.9 Å². The van der Waals surface area contributed by atoms with E-state index >= 15 is 0 Å². The number of hydrogen-bond acceptors (Lipinski definition) is 1. The van der Waals surface area contributed by atoms with Crippen LogP contribution in [-0.2, 0) is 6.42 Å². The van der Waals surface area contributed by atoms with E-state index in [1.54, 1.807) is 0 Å². The van der Waals surface area contributed by atoms with Crippen molar-refractivity contribution in [2.24, 2.45) is 0 Å². The van der Waals surface area contributed by atoms with Crippen LogP contribution in [0.5, 0.6) is 0 Å². The summed E-state index contributed by atoms with van der Waals surface area (Å²) in [6.45, 7) is 2.19. The molecule has 0 amide bonds. The van der Waals surface area contributed by atoms with Gasteiger partial charge in [0.25, 0.3) is 0 Å². The Hall–Kier alpha value is -1.80. The lowest BCUT2D eigenvalue weighted by Crippen LogP contribution is -1.83. The van der Waals surface area contributed by atoms with Crippen molar-refractivity contribution in [3.63, 3.8) is 0 Å². The van der Waals surface area contributed by atoms with Gasteiger partial charge >= 0.3 is 0 Å². The molecule has 0 saturated carbocycles. The number of rotatable bonds is 3. The highest BCUT2D eigenvalue weighted by molar-refractivity contribution is 6.30. The van der Waals surface area contributed by atoms with Crippen LogP contribution >= 0.6 is 11.6 Å². The fourth-order valence-electron chi connectivity index (χ4n) is 2.23. The van der Waals surface area contributed by atoms with Gasteiger partial charge in [0.15, 0.2) is 0 Å². The van der Waals surface area contributed by atoms with Gasteiger partial charge in [0.1, 0.15) is 5.65 Å². The SMILES string of the molecule is CCCc1ccc(-c2cn3cc(Cl)ccc3n2)cc1. The second-order valence-corrected chi connectivity index (χ2v) is 5.12. The summed E-state index contributed by atoms with van der Waals surface area (Å²) in [5.74, 6) is 0. The van der Waals surface area contributed by atoms with Crippen molar-refractivity contribution in [1.29, 1.82) is 0 Å². The molecular formula is C16H15ClN2. The van der Waals surface area contributed by atoms with E-state index in [0.717, 1.165) is 28.3 Å². The molecule has 96 valence electrons. The molecule has 3 rings (SSSR count). The van der Waals surface area contributed by atoms with Crippen LogP contribution in [0, 0.1) is 0 Å². The van der Waals surface area contributed by atoms with Gasteiger partial charge in [0, 0.05) is 18.0 Å². The highest BCUT2D eigenvalue weighted by Crippen LogP contribution is 2.21. The lowest BCUT2D eigenvalue weighted by Gasteiger charge is -2.00. The summed E-state index contributed by atoms with van der Waals surface area (Å²) in [6.07, 6.45) is 6.18. The fourth-order valence-corrected chi connectivity index (χ4v) is 2.40. The van der Waals surface area contributed by atoms with Crippen LogP contribution < -0.4 is 0 Å². The second kappa shape index (κ2) is 5.06. The van der Waals surface area contributed by atoms with E-state index < -0.39 is 0 Å². The minimum atomic E-state index is 0.717.